The number of pyridine rings is 1. The molecule has 0 saturated carbocycles. The fourth-order valence-electron chi connectivity index (χ4n) is 4.05. The summed E-state index contributed by atoms with van der Waals surface area (Å²) in [5.74, 6) is 0.588. The van der Waals surface area contributed by atoms with Crippen molar-refractivity contribution in [2.75, 3.05) is 7.05 Å². The van der Waals surface area contributed by atoms with E-state index >= 15 is 0 Å². The fraction of sp³-hybridized carbons (Fsp3) is 0.320. The molecule has 1 aliphatic carbocycles. The van der Waals surface area contributed by atoms with Crippen LogP contribution in [0.25, 0.3) is 0 Å². The third kappa shape index (κ3) is 3.90. The second-order valence-electron chi connectivity index (χ2n) is 7.78. The highest BCUT2D eigenvalue weighted by Crippen LogP contribution is 2.34. The predicted molar refractivity (Wildman–Crippen MR) is 112 cm³/mol. The molecule has 4 rings (SSSR count). The van der Waals surface area contributed by atoms with E-state index in [0.717, 1.165) is 37.8 Å². The number of hydrogen-bond acceptors (Lipinski definition) is 2. The second kappa shape index (κ2) is 7.56. The Morgan fingerprint density at radius 3 is 2.59 bits per heavy atom. The maximum Gasteiger partial charge on any atom is 0.0407 e. The molecule has 0 bridgehead atoms. The van der Waals surface area contributed by atoms with Crippen LogP contribution in [0.15, 0.2) is 72.7 Å². The van der Waals surface area contributed by atoms with Gasteiger partial charge in [0.2, 0.25) is 0 Å². The number of likely N-dealkylation sites (N-methyl/N-ethyl adjacent to an activating group) is 1. The van der Waals surface area contributed by atoms with Crippen LogP contribution in [0.2, 0.25) is 0 Å². The van der Waals surface area contributed by atoms with Gasteiger partial charge >= 0.3 is 0 Å². The number of aromatic nitrogens is 1. The van der Waals surface area contributed by atoms with Crippen molar-refractivity contribution in [3.05, 3.63) is 101 Å². The maximum absolute atomic E-state index is 4.60. The Kier molecular flexibility index (Phi) is 4.98. The molecule has 1 aromatic carbocycles. The smallest absolute Gasteiger partial charge is 0.0407 e. The number of nitrogens with zero attached hydrogens (tertiary/aromatic N) is 2. The van der Waals surface area contributed by atoms with Crippen molar-refractivity contribution >= 4 is 0 Å². The number of aryl methyl sites for hydroxylation is 3. The lowest BCUT2D eigenvalue weighted by atomic mass is 9.94. The molecule has 0 saturated heterocycles. The Balaban J connectivity index is 1.41. The van der Waals surface area contributed by atoms with Crippen molar-refractivity contribution in [2.24, 2.45) is 5.92 Å². The molecular weight excluding hydrogens is 328 g/mol. The third-order valence-corrected chi connectivity index (χ3v) is 5.90. The van der Waals surface area contributed by atoms with Crippen LogP contribution < -0.4 is 0 Å². The van der Waals surface area contributed by atoms with Gasteiger partial charge in [0, 0.05) is 30.8 Å². The number of fused-ring (bicyclic) bond motifs is 1. The van der Waals surface area contributed by atoms with Crippen molar-refractivity contribution < 1.29 is 0 Å². The van der Waals surface area contributed by atoms with E-state index in [0.29, 0.717) is 5.92 Å². The molecule has 0 amide bonds. The minimum atomic E-state index is 0.588. The van der Waals surface area contributed by atoms with Crippen LogP contribution in [-0.4, -0.2) is 16.9 Å². The topological polar surface area (TPSA) is 16.1 Å². The minimum absolute atomic E-state index is 0.588. The van der Waals surface area contributed by atoms with Gasteiger partial charge < -0.3 is 4.90 Å². The Hall–Kier alpha value is -2.61. The molecule has 2 heterocycles. The average molecular weight is 357 g/mol. The van der Waals surface area contributed by atoms with Crippen molar-refractivity contribution in [2.45, 2.75) is 39.0 Å². The molecule has 1 aromatic heterocycles. The van der Waals surface area contributed by atoms with Crippen molar-refractivity contribution in [1.29, 1.82) is 0 Å². The van der Waals surface area contributed by atoms with E-state index in [1.165, 1.54) is 33.5 Å². The van der Waals surface area contributed by atoms with Crippen LogP contribution in [0, 0.1) is 5.92 Å². The highest BCUT2D eigenvalue weighted by molar-refractivity contribution is 5.42. The molecular formula is C25H28N2. The van der Waals surface area contributed by atoms with Crippen LogP contribution in [0.3, 0.4) is 0 Å². The lowest BCUT2D eigenvalue weighted by Crippen LogP contribution is -2.15. The second-order valence-corrected chi connectivity index (χ2v) is 7.78. The molecule has 2 heteroatoms. The van der Waals surface area contributed by atoms with Crippen molar-refractivity contribution in [3.8, 4) is 0 Å². The number of hydrogen-bond donors (Lipinski definition) is 0. The van der Waals surface area contributed by atoms with E-state index in [1.807, 2.05) is 6.20 Å². The third-order valence-electron chi connectivity index (χ3n) is 5.90. The van der Waals surface area contributed by atoms with Gasteiger partial charge in [-0.05, 0) is 78.0 Å². The zero-order valence-electron chi connectivity index (χ0n) is 16.4. The van der Waals surface area contributed by atoms with Crippen molar-refractivity contribution in [1.82, 2.24) is 9.88 Å². The number of rotatable bonds is 5. The van der Waals surface area contributed by atoms with Crippen LogP contribution in [0.4, 0.5) is 0 Å². The van der Waals surface area contributed by atoms with Gasteiger partial charge in [-0.1, -0.05) is 43.8 Å². The predicted octanol–water partition coefficient (Wildman–Crippen LogP) is 5.04. The molecule has 1 atom stereocenters. The van der Waals surface area contributed by atoms with Crippen LogP contribution in [-0.2, 0) is 32.1 Å². The van der Waals surface area contributed by atoms with E-state index in [4.69, 9.17) is 0 Å². The van der Waals surface area contributed by atoms with Gasteiger partial charge in [-0.25, -0.2) is 0 Å². The average Bonchev–Trinajstić information content (AvgIpc) is 3.12. The summed E-state index contributed by atoms with van der Waals surface area (Å²) in [6.45, 7) is 6.22. The van der Waals surface area contributed by atoms with E-state index < -0.39 is 0 Å². The van der Waals surface area contributed by atoms with E-state index in [1.54, 1.807) is 0 Å². The summed E-state index contributed by atoms with van der Waals surface area (Å²) in [4.78, 5) is 6.72. The molecule has 1 unspecified atom stereocenters. The summed E-state index contributed by atoms with van der Waals surface area (Å²) < 4.78 is 0. The van der Waals surface area contributed by atoms with E-state index in [2.05, 4.69) is 79.1 Å². The first-order valence-corrected chi connectivity index (χ1v) is 9.98. The Morgan fingerprint density at radius 1 is 1.04 bits per heavy atom. The van der Waals surface area contributed by atoms with Crippen LogP contribution >= 0.6 is 0 Å². The zero-order chi connectivity index (χ0) is 18.8. The summed E-state index contributed by atoms with van der Waals surface area (Å²) in [7, 11) is 2.08. The number of benzene rings is 1. The summed E-state index contributed by atoms with van der Waals surface area (Å²) in [5, 5.41) is 0. The first-order chi connectivity index (χ1) is 13.1. The van der Waals surface area contributed by atoms with E-state index in [-0.39, 0.29) is 0 Å². The first-order valence-electron chi connectivity index (χ1n) is 9.98. The molecule has 0 radical (unpaired) electrons. The van der Waals surface area contributed by atoms with Gasteiger partial charge in [0.1, 0.15) is 0 Å². The molecule has 27 heavy (non-hydrogen) atoms. The van der Waals surface area contributed by atoms with Crippen LogP contribution in [0.1, 0.15) is 34.9 Å². The Bertz CT molecular complexity index is 902. The molecule has 2 aliphatic rings. The fourth-order valence-corrected chi connectivity index (χ4v) is 4.05. The molecule has 0 fully saturated rings. The number of allylic oxidation sites excluding steroid dienone is 3. The highest BCUT2D eigenvalue weighted by atomic mass is 15.1. The lowest BCUT2D eigenvalue weighted by molar-refractivity contribution is 0.555. The molecule has 1 aliphatic heterocycles. The summed E-state index contributed by atoms with van der Waals surface area (Å²) in [6.07, 6.45) is 14.0. The van der Waals surface area contributed by atoms with E-state index in [9.17, 15) is 0 Å². The zero-order valence-corrected chi connectivity index (χ0v) is 16.4. The Labute approximate surface area is 162 Å². The van der Waals surface area contributed by atoms with Crippen LogP contribution in [0.5, 0.6) is 0 Å². The molecule has 2 aromatic rings. The Morgan fingerprint density at radius 2 is 1.85 bits per heavy atom. The molecule has 0 spiro atoms. The van der Waals surface area contributed by atoms with Gasteiger partial charge in [-0.3, -0.25) is 4.98 Å². The summed E-state index contributed by atoms with van der Waals surface area (Å²) in [5.41, 5.74) is 9.42. The minimum Gasteiger partial charge on any atom is -0.351 e. The monoisotopic (exact) mass is 356 g/mol. The lowest BCUT2D eigenvalue weighted by Gasteiger charge is -2.23. The van der Waals surface area contributed by atoms with Gasteiger partial charge in [-0.15, -0.1) is 0 Å². The molecule has 2 nitrogen and oxygen atoms in total. The standard InChI is InChI=1S/C25H28N2/c1-4-19-7-11-25(26-16-19)12-8-20-6-10-21-14-24(15-23(21)13-20)22-9-5-18(2)27(3)17-22/h5-7,9-11,13,16-17,24H,2,4,8,12,14-15H2,1,3H3. The maximum atomic E-state index is 4.60. The quantitative estimate of drug-likeness (QED) is 0.746. The van der Waals surface area contributed by atoms with Crippen molar-refractivity contribution in [3.63, 3.8) is 0 Å². The highest BCUT2D eigenvalue weighted by Gasteiger charge is 2.25. The van der Waals surface area contributed by atoms with Gasteiger partial charge in [0.05, 0.1) is 0 Å². The van der Waals surface area contributed by atoms with Gasteiger partial charge in [0.15, 0.2) is 0 Å². The summed E-state index contributed by atoms with van der Waals surface area (Å²) >= 11 is 0. The normalized spacial score (nSPS) is 18.6. The van der Waals surface area contributed by atoms with Gasteiger partial charge in [-0.2, -0.15) is 0 Å². The molecule has 138 valence electrons. The SMILES string of the molecule is C=C1C=CC(C2Cc3ccc(CCc4ccc(CC)cn4)cc3C2)=CN1C. The largest absolute Gasteiger partial charge is 0.351 e. The summed E-state index contributed by atoms with van der Waals surface area (Å²) in [6, 6.07) is 11.4. The first kappa shape index (κ1) is 17.8. The molecule has 0 N–H and O–H groups in total. The van der Waals surface area contributed by atoms with Gasteiger partial charge in [0.25, 0.3) is 0 Å².